The molecule has 0 amide bonds. The molecule has 0 atom stereocenters. The van der Waals surface area contributed by atoms with Crippen LogP contribution in [0, 0.1) is 0 Å². The van der Waals surface area contributed by atoms with E-state index in [1.807, 2.05) is 12.2 Å². The van der Waals surface area contributed by atoms with Crippen molar-refractivity contribution >= 4 is 5.71 Å². The molecule has 0 aliphatic carbocycles. The quantitative estimate of drug-likeness (QED) is 0.423. The topological polar surface area (TPSA) is 12.4 Å². The van der Waals surface area contributed by atoms with Crippen molar-refractivity contribution in [2.45, 2.75) is 26.7 Å². The molecule has 1 nitrogen and oxygen atoms in total. The van der Waals surface area contributed by atoms with Crippen molar-refractivity contribution in [3.8, 4) is 0 Å². The van der Waals surface area contributed by atoms with E-state index in [9.17, 15) is 0 Å². The van der Waals surface area contributed by atoms with Gasteiger partial charge in [0.25, 0.3) is 0 Å². The van der Waals surface area contributed by atoms with Crippen molar-refractivity contribution < 1.29 is 0 Å². The Balaban J connectivity index is 3.98. The van der Waals surface area contributed by atoms with Gasteiger partial charge < -0.3 is 0 Å². The molecule has 0 radical (unpaired) electrons. The summed E-state index contributed by atoms with van der Waals surface area (Å²) in [6, 6.07) is 0. The third kappa shape index (κ3) is 5.59. The predicted molar refractivity (Wildman–Crippen MR) is 52.2 cm³/mol. The van der Waals surface area contributed by atoms with Crippen molar-refractivity contribution in [3.63, 3.8) is 0 Å². The lowest BCUT2D eigenvalue weighted by Gasteiger charge is -1.95. The van der Waals surface area contributed by atoms with Crippen molar-refractivity contribution in [1.29, 1.82) is 0 Å². The molecule has 11 heavy (non-hydrogen) atoms. The van der Waals surface area contributed by atoms with Gasteiger partial charge in [0.1, 0.15) is 0 Å². The molecule has 62 valence electrons. The molecule has 0 aliphatic heterocycles. The van der Waals surface area contributed by atoms with Crippen LogP contribution in [0.15, 0.2) is 29.8 Å². The highest BCUT2D eigenvalue weighted by molar-refractivity contribution is 5.95. The third-order valence-electron chi connectivity index (χ3n) is 1.29. The van der Waals surface area contributed by atoms with E-state index < -0.39 is 0 Å². The Morgan fingerprint density at radius 1 is 1.45 bits per heavy atom. The van der Waals surface area contributed by atoms with Crippen molar-refractivity contribution in [2.75, 3.05) is 6.54 Å². The normalized spacial score (nSPS) is 12.4. The first-order valence-corrected chi connectivity index (χ1v) is 4.17. The SMILES string of the molecule is C=C/C=C\C(CCC)=NCC. The Morgan fingerprint density at radius 3 is 2.64 bits per heavy atom. The van der Waals surface area contributed by atoms with E-state index in [1.165, 1.54) is 5.71 Å². The minimum Gasteiger partial charge on any atom is -0.290 e. The van der Waals surface area contributed by atoms with Crippen LogP contribution in [0.25, 0.3) is 0 Å². The molecule has 0 saturated carbocycles. The van der Waals surface area contributed by atoms with Gasteiger partial charge in [0.05, 0.1) is 0 Å². The Morgan fingerprint density at radius 2 is 2.18 bits per heavy atom. The second kappa shape index (κ2) is 7.26. The zero-order chi connectivity index (χ0) is 8.53. The molecule has 0 spiro atoms. The van der Waals surface area contributed by atoms with Crippen molar-refractivity contribution in [2.24, 2.45) is 4.99 Å². The summed E-state index contributed by atoms with van der Waals surface area (Å²) in [6.07, 6.45) is 7.96. The monoisotopic (exact) mass is 151 g/mol. The van der Waals surface area contributed by atoms with Gasteiger partial charge in [-0.2, -0.15) is 0 Å². The Labute approximate surface area is 69.5 Å². The number of aliphatic imine (C=N–C) groups is 1. The predicted octanol–water partition coefficient (Wildman–Crippen LogP) is 2.99. The summed E-state index contributed by atoms with van der Waals surface area (Å²) in [5, 5.41) is 0. The lowest BCUT2D eigenvalue weighted by molar-refractivity contribution is 0.980. The number of allylic oxidation sites excluding steroid dienone is 3. The third-order valence-corrected chi connectivity index (χ3v) is 1.29. The van der Waals surface area contributed by atoms with Crippen LogP contribution in [0.2, 0.25) is 0 Å². The summed E-state index contributed by atoms with van der Waals surface area (Å²) in [6.45, 7) is 8.70. The molecule has 0 aliphatic rings. The molecule has 0 aromatic carbocycles. The number of hydrogen-bond acceptors (Lipinski definition) is 1. The average Bonchev–Trinajstić information content (AvgIpc) is 2.01. The fourth-order valence-corrected chi connectivity index (χ4v) is 0.853. The molecule has 0 aromatic rings. The number of nitrogens with zero attached hydrogens (tertiary/aromatic N) is 1. The smallest absolute Gasteiger partial charge is 0.0364 e. The van der Waals surface area contributed by atoms with Gasteiger partial charge in [-0.15, -0.1) is 0 Å². The van der Waals surface area contributed by atoms with E-state index in [1.54, 1.807) is 6.08 Å². The summed E-state index contributed by atoms with van der Waals surface area (Å²) in [4.78, 5) is 4.33. The summed E-state index contributed by atoms with van der Waals surface area (Å²) < 4.78 is 0. The van der Waals surface area contributed by atoms with Crippen LogP contribution in [0.3, 0.4) is 0 Å². The van der Waals surface area contributed by atoms with Crippen LogP contribution >= 0.6 is 0 Å². The first-order chi connectivity index (χ1) is 5.35. The summed E-state index contributed by atoms with van der Waals surface area (Å²) >= 11 is 0. The minimum atomic E-state index is 0.872. The molecular formula is C10H17N. The first kappa shape index (κ1) is 10.2. The molecule has 0 saturated heterocycles. The molecule has 0 fully saturated rings. The summed E-state index contributed by atoms with van der Waals surface area (Å²) in [5.74, 6) is 0. The Kier molecular flexibility index (Phi) is 6.70. The van der Waals surface area contributed by atoms with E-state index in [0.29, 0.717) is 0 Å². The number of hydrogen-bond donors (Lipinski definition) is 0. The average molecular weight is 151 g/mol. The van der Waals surface area contributed by atoms with Crippen LogP contribution in [0.1, 0.15) is 26.7 Å². The van der Waals surface area contributed by atoms with Crippen LogP contribution in [-0.4, -0.2) is 12.3 Å². The summed E-state index contributed by atoms with van der Waals surface area (Å²) in [7, 11) is 0. The Bertz CT molecular complexity index is 154. The van der Waals surface area contributed by atoms with E-state index in [0.717, 1.165) is 19.4 Å². The Hall–Kier alpha value is -0.850. The van der Waals surface area contributed by atoms with Crippen LogP contribution < -0.4 is 0 Å². The van der Waals surface area contributed by atoms with Gasteiger partial charge in [0, 0.05) is 12.3 Å². The van der Waals surface area contributed by atoms with E-state index >= 15 is 0 Å². The van der Waals surface area contributed by atoms with Crippen molar-refractivity contribution in [1.82, 2.24) is 0 Å². The molecule has 0 aromatic heterocycles. The lowest BCUT2D eigenvalue weighted by Crippen LogP contribution is -1.92. The lowest BCUT2D eigenvalue weighted by atomic mass is 10.2. The highest BCUT2D eigenvalue weighted by Gasteiger charge is 1.88. The fourth-order valence-electron chi connectivity index (χ4n) is 0.853. The summed E-state index contributed by atoms with van der Waals surface area (Å²) in [5.41, 5.74) is 1.18. The van der Waals surface area contributed by atoms with E-state index in [2.05, 4.69) is 25.4 Å². The molecule has 0 rings (SSSR count). The van der Waals surface area contributed by atoms with Gasteiger partial charge >= 0.3 is 0 Å². The van der Waals surface area contributed by atoms with E-state index in [-0.39, 0.29) is 0 Å². The van der Waals surface area contributed by atoms with Gasteiger partial charge in [-0.25, -0.2) is 0 Å². The molecule has 0 unspecified atom stereocenters. The molecule has 0 bridgehead atoms. The molecule has 1 heteroatoms. The van der Waals surface area contributed by atoms with Gasteiger partial charge in [0.2, 0.25) is 0 Å². The maximum atomic E-state index is 4.33. The van der Waals surface area contributed by atoms with Gasteiger partial charge in [-0.3, -0.25) is 4.99 Å². The zero-order valence-corrected chi connectivity index (χ0v) is 7.51. The second-order valence-corrected chi connectivity index (χ2v) is 2.31. The maximum absolute atomic E-state index is 4.33. The van der Waals surface area contributed by atoms with Crippen LogP contribution in [0.5, 0.6) is 0 Å². The fraction of sp³-hybridized carbons (Fsp3) is 0.500. The highest BCUT2D eigenvalue weighted by Crippen LogP contribution is 1.94. The standard InChI is InChI=1S/C10H17N/c1-4-7-9-10(8-5-2)11-6-3/h4,7,9H,1,5-6,8H2,2-3H3/b9-7-,11-10?. The second-order valence-electron chi connectivity index (χ2n) is 2.31. The highest BCUT2D eigenvalue weighted by atomic mass is 14.7. The van der Waals surface area contributed by atoms with E-state index in [4.69, 9.17) is 0 Å². The van der Waals surface area contributed by atoms with Gasteiger partial charge in [-0.1, -0.05) is 32.1 Å². The van der Waals surface area contributed by atoms with Crippen LogP contribution in [-0.2, 0) is 0 Å². The molecule has 0 heterocycles. The van der Waals surface area contributed by atoms with Crippen molar-refractivity contribution in [3.05, 3.63) is 24.8 Å². The van der Waals surface area contributed by atoms with Gasteiger partial charge in [-0.05, 0) is 19.4 Å². The van der Waals surface area contributed by atoms with Crippen LogP contribution in [0.4, 0.5) is 0 Å². The zero-order valence-electron chi connectivity index (χ0n) is 7.51. The van der Waals surface area contributed by atoms with Gasteiger partial charge in [0.15, 0.2) is 0 Å². The molecular weight excluding hydrogens is 134 g/mol. The first-order valence-electron chi connectivity index (χ1n) is 4.17. The largest absolute Gasteiger partial charge is 0.290 e. The molecule has 0 N–H and O–H groups in total. The minimum absolute atomic E-state index is 0.872. The number of rotatable bonds is 5. The maximum Gasteiger partial charge on any atom is 0.0364 e.